The first-order chi connectivity index (χ1) is 12.5. The number of carboxylic acid groups (broad SMARTS) is 4. The van der Waals surface area contributed by atoms with E-state index in [0.29, 0.717) is 0 Å². The highest BCUT2D eigenvalue weighted by Gasteiger charge is 2.17. The number of carboxylic acids is 4. The third kappa shape index (κ3) is 18.4. The van der Waals surface area contributed by atoms with Crippen molar-refractivity contribution in [2.45, 2.75) is 20.8 Å². The van der Waals surface area contributed by atoms with Crippen molar-refractivity contribution >= 4 is 23.9 Å². The smallest absolute Gasteiger partial charge is 0.317 e. The molecule has 0 bridgehead atoms. The van der Waals surface area contributed by atoms with Gasteiger partial charge in [0.05, 0.1) is 26.2 Å². The molecule has 0 saturated carbocycles. The van der Waals surface area contributed by atoms with Crippen LogP contribution in [0.5, 0.6) is 0 Å². The van der Waals surface area contributed by atoms with Crippen LogP contribution in [-0.4, -0.2) is 118 Å². The molecule has 0 aromatic heterocycles. The number of aliphatic carboxylic acids is 4. The summed E-state index contributed by atoms with van der Waals surface area (Å²) in [4.78, 5) is 46.7. The lowest BCUT2D eigenvalue weighted by atomic mass is 10.4. The molecule has 0 rings (SSSR count). The van der Waals surface area contributed by atoms with E-state index in [4.69, 9.17) is 20.4 Å². The molecular formula is C16H31N3O8. The van der Waals surface area contributed by atoms with Crippen molar-refractivity contribution < 1.29 is 39.6 Å². The molecule has 0 aliphatic rings. The molecule has 0 aromatic carbocycles. The zero-order valence-corrected chi connectivity index (χ0v) is 16.1. The van der Waals surface area contributed by atoms with Crippen LogP contribution < -0.4 is 0 Å². The second kappa shape index (κ2) is 16.0. The minimum absolute atomic E-state index is 0.0703. The molecule has 27 heavy (non-hydrogen) atoms. The van der Waals surface area contributed by atoms with Gasteiger partial charge < -0.3 is 25.3 Å². The number of carbonyl (C=O) groups is 4. The Kier molecular flexibility index (Phi) is 16.0. The van der Waals surface area contributed by atoms with E-state index in [1.165, 1.54) is 19.6 Å². The quantitative estimate of drug-likeness (QED) is 0.295. The van der Waals surface area contributed by atoms with Gasteiger partial charge in [0.25, 0.3) is 0 Å². The number of nitrogens with zero attached hydrogens (tertiary/aromatic N) is 3. The van der Waals surface area contributed by atoms with Crippen LogP contribution in [0.1, 0.15) is 20.8 Å². The predicted molar refractivity (Wildman–Crippen MR) is 96.9 cm³/mol. The molecule has 0 spiro atoms. The Morgan fingerprint density at radius 2 is 0.741 bits per heavy atom. The van der Waals surface area contributed by atoms with Crippen LogP contribution >= 0.6 is 0 Å². The standard InChI is InChI=1S/C10H16N2O8.C6H15N/c13-7(14)3-11(4-8(15)16)1-2-12(5-9(17)18)6-10(19)20;1-4-7(5-2)6-3/h1-6H2,(H,13,14)(H,15,16)(H,17,18)(H,19,20);4-6H2,1-3H3. The summed E-state index contributed by atoms with van der Waals surface area (Å²) in [6.07, 6.45) is 0. The van der Waals surface area contributed by atoms with E-state index >= 15 is 0 Å². The Morgan fingerprint density at radius 1 is 0.519 bits per heavy atom. The SMILES string of the molecule is CCN(CC)CC.O=C(O)CN(CCN(CC(=O)O)CC(=O)O)CC(=O)O. The van der Waals surface area contributed by atoms with Gasteiger partial charge in [0.1, 0.15) is 0 Å². The van der Waals surface area contributed by atoms with Gasteiger partial charge in [-0.3, -0.25) is 29.0 Å². The second-order valence-corrected chi connectivity index (χ2v) is 5.62. The Morgan fingerprint density at radius 3 is 0.852 bits per heavy atom. The summed E-state index contributed by atoms with van der Waals surface area (Å²) in [5.41, 5.74) is 0. The normalized spacial score (nSPS) is 10.6. The fraction of sp³-hybridized carbons (Fsp3) is 0.750. The highest BCUT2D eigenvalue weighted by molar-refractivity contribution is 5.73. The summed E-state index contributed by atoms with van der Waals surface area (Å²) < 4.78 is 0. The van der Waals surface area contributed by atoms with Crippen molar-refractivity contribution in [1.82, 2.24) is 14.7 Å². The van der Waals surface area contributed by atoms with Crippen LogP contribution in [0.15, 0.2) is 0 Å². The van der Waals surface area contributed by atoms with Gasteiger partial charge in [-0.05, 0) is 19.6 Å². The molecule has 0 unspecified atom stereocenters. The maximum Gasteiger partial charge on any atom is 0.317 e. The van der Waals surface area contributed by atoms with Gasteiger partial charge >= 0.3 is 23.9 Å². The Bertz CT molecular complexity index is 395. The molecule has 0 heterocycles. The van der Waals surface area contributed by atoms with Crippen molar-refractivity contribution in [2.75, 3.05) is 58.9 Å². The Labute approximate surface area is 158 Å². The van der Waals surface area contributed by atoms with E-state index in [9.17, 15) is 19.2 Å². The first kappa shape index (κ1) is 27.0. The van der Waals surface area contributed by atoms with Gasteiger partial charge in [-0.15, -0.1) is 0 Å². The van der Waals surface area contributed by atoms with E-state index in [2.05, 4.69) is 25.7 Å². The van der Waals surface area contributed by atoms with Crippen molar-refractivity contribution in [3.63, 3.8) is 0 Å². The maximum atomic E-state index is 10.6. The fourth-order valence-corrected chi connectivity index (χ4v) is 2.15. The molecule has 0 aliphatic heterocycles. The van der Waals surface area contributed by atoms with Crippen LogP contribution in [0.25, 0.3) is 0 Å². The first-order valence-corrected chi connectivity index (χ1v) is 8.59. The fourth-order valence-electron chi connectivity index (χ4n) is 2.15. The first-order valence-electron chi connectivity index (χ1n) is 8.59. The summed E-state index contributed by atoms with van der Waals surface area (Å²) in [5.74, 6) is -4.91. The average Bonchev–Trinajstić information content (AvgIpc) is 2.52. The maximum absolute atomic E-state index is 10.6. The summed E-state index contributed by atoms with van der Waals surface area (Å²) in [6.45, 7) is 7.87. The Hall–Kier alpha value is -2.24. The lowest BCUT2D eigenvalue weighted by molar-refractivity contribution is -0.145. The van der Waals surface area contributed by atoms with Crippen molar-refractivity contribution in [3.05, 3.63) is 0 Å². The molecule has 0 fully saturated rings. The molecule has 0 saturated heterocycles. The van der Waals surface area contributed by atoms with Gasteiger partial charge in [0, 0.05) is 13.1 Å². The van der Waals surface area contributed by atoms with E-state index in [1.54, 1.807) is 0 Å². The molecule has 0 radical (unpaired) electrons. The summed E-state index contributed by atoms with van der Waals surface area (Å²) >= 11 is 0. The van der Waals surface area contributed by atoms with Crippen LogP contribution in [0.3, 0.4) is 0 Å². The van der Waals surface area contributed by atoms with Crippen molar-refractivity contribution in [3.8, 4) is 0 Å². The van der Waals surface area contributed by atoms with Crippen molar-refractivity contribution in [2.24, 2.45) is 0 Å². The largest absolute Gasteiger partial charge is 0.480 e. The predicted octanol–water partition coefficient (Wildman–Crippen LogP) is -0.723. The molecule has 0 aromatic rings. The summed E-state index contributed by atoms with van der Waals surface area (Å²) in [7, 11) is 0. The number of rotatable bonds is 14. The molecule has 11 nitrogen and oxygen atoms in total. The lowest BCUT2D eigenvalue weighted by Crippen LogP contribution is -2.43. The van der Waals surface area contributed by atoms with E-state index in [-0.39, 0.29) is 13.1 Å². The van der Waals surface area contributed by atoms with Crippen molar-refractivity contribution in [1.29, 1.82) is 0 Å². The number of hydrogen-bond acceptors (Lipinski definition) is 7. The van der Waals surface area contributed by atoms with Gasteiger partial charge in [-0.1, -0.05) is 20.8 Å². The topological polar surface area (TPSA) is 159 Å². The van der Waals surface area contributed by atoms with Gasteiger partial charge in [-0.2, -0.15) is 0 Å². The van der Waals surface area contributed by atoms with Crippen LogP contribution in [-0.2, 0) is 19.2 Å². The third-order valence-corrected chi connectivity index (χ3v) is 3.51. The third-order valence-electron chi connectivity index (χ3n) is 3.51. The lowest BCUT2D eigenvalue weighted by Gasteiger charge is -2.23. The van der Waals surface area contributed by atoms with E-state index in [0.717, 1.165) is 9.80 Å². The zero-order chi connectivity index (χ0) is 21.4. The van der Waals surface area contributed by atoms with Gasteiger partial charge in [0.15, 0.2) is 0 Å². The van der Waals surface area contributed by atoms with Gasteiger partial charge in [0.2, 0.25) is 0 Å². The molecule has 11 heteroatoms. The second-order valence-electron chi connectivity index (χ2n) is 5.62. The summed E-state index contributed by atoms with van der Waals surface area (Å²) in [6, 6.07) is 0. The summed E-state index contributed by atoms with van der Waals surface area (Å²) in [5, 5.41) is 34.5. The molecule has 4 N–H and O–H groups in total. The molecular weight excluding hydrogens is 362 g/mol. The Balaban J connectivity index is 0. The minimum Gasteiger partial charge on any atom is -0.480 e. The number of hydrogen-bond donors (Lipinski definition) is 4. The van der Waals surface area contributed by atoms with Crippen LogP contribution in [0.4, 0.5) is 0 Å². The molecule has 0 aliphatic carbocycles. The molecule has 0 atom stereocenters. The molecule has 0 amide bonds. The van der Waals surface area contributed by atoms with E-state index in [1.807, 2.05) is 0 Å². The monoisotopic (exact) mass is 393 g/mol. The minimum atomic E-state index is -1.23. The average molecular weight is 393 g/mol. The highest BCUT2D eigenvalue weighted by atomic mass is 16.4. The van der Waals surface area contributed by atoms with Crippen LogP contribution in [0, 0.1) is 0 Å². The van der Waals surface area contributed by atoms with E-state index < -0.39 is 50.1 Å². The van der Waals surface area contributed by atoms with Crippen LogP contribution in [0.2, 0.25) is 0 Å². The van der Waals surface area contributed by atoms with Gasteiger partial charge in [-0.25, -0.2) is 0 Å². The zero-order valence-electron chi connectivity index (χ0n) is 16.1. The highest BCUT2D eigenvalue weighted by Crippen LogP contribution is 1.94. The molecule has 158 valence electrons.